The summed E-state index contributed by atoms with van der Waals surface area (Å²) in [5.74, 6) is 3.13. The number of nitrogens with one attached hydrogen (secondary N) is 1. The Morgan fingerprint density at radius 3 is 2.88 bits per heavy atom. The van der Waals surface area contributed by atoms with Crippen LogP contribution in [0.15, 0.2) is 24.4 Å². The molecule has 0 radical (unpaired) electrons. The number of pyridine rings is 1. The van der Waals surface area contributed by atoms with E-state index in [1.165, 1.54) is 24.8 Å². The summed E-state index contributed by atoms with van der Waals surface area (Å²) >= 11 is 0. The Balaban J connectivity index is 1.79. The zero-order valence-electron chi connectivity index (χ0n) is 9.40. The Morgan fingerprint density at radius 1 is 1.38 bits per heavy atom. The molecule has 2 bridgehead atoms. The van der Waals surface area contributed by atoms with Crippen LogP contribution < -0.4 is 5.32 Å². The van der Waals surface area contributed by atoms with Gasteiger partial charge in [0.2, 0.25) is 0 Å². The van der Waals surface area contributed by atoms with Gasteiger partial charge in [0.25, 0.3) is 0 Å². The number of hydrogen-bond donors (Lipinski definition) is 1. The van der Waals surface area contributed by atoms with Gasteiger partial charge >= 0.3 is 0 Å². The predicted octanol–water partition coefficient (Wildman–Crippen LogP) is 2.61. The Labute approximate surface area is 94.5 Å². The van der Waals surface area contributed by atoms with Gasteiger partial charge in [0.1, 0.15) is 5.82 Å². The summed E-state index contributed by atoms with van der Waals surface area (Å²) in [4.78, 5) is 4.63. The third-order valence-corrected chi connectivity index (χ3v) is 4.15. The topological polar surface area (TPSA) is 29.3 Å². The molecule has 1 N–H and O–H groups in total. The van der Waals surface area contributed by atoms with E-state index in [1.807, 2.05) is 6.07 Å². The SMILES string of the molecule is Cc1nc(NC23CC(C2)C3)c2ccccn12. The van der Waals surface area contributed by atoms with E-state index in [2.05, 4.69) is 40.0 Å². The molecule has 2 aromatic rings. The first-order valence-electron chi connectivity index (χ1n) is 5.98. The van der Waals surface area contributed by atoms with Crippen LogP contribution in [0, 0.1) is 12.8 Å². The quantitative estimate of drug-likeness (QED) is 0.831. The highest BCUT2D eigenvalue weighted by atomic mass is 15.2. The van der Waals surface area contributed by atoms with Gasteiger partial charge in [-0.25, -0.2) is 4.98 Å². The van der Waals surface area contributed by atoms with Crippen molar-refractivity contribution in [3.8, 4) is 0 Å². The van der Waals surface area contributed by atoms with Gasteiger partial charge in [0, 0.05) is 11.7 Å². The van der Waals surface area contributed by atoms with Crippen LogP contribution >= 0.6 is 0 Å². The Hall–Kier alpha value is -1.51. The normalized spacial score (nSPS) is 30.9. The maximum Gasteiger partial charge on any atom is 0.152 e. The van der Waals surface area contributed by atoms with E-state index < -0.39 is 0 Å². The highest BCUT2D eigenvalue weighted by Gasteiger charge is 2.56. The molecule has 3 saturated carbocycles. The second-order valence-corrected chi connectivity index (χ2v) is 5.35. The molecule has 3 aliphatic carbocycles. The number of aryl methyl sites for hydroxylation is 1. The second-order valence-electron chi connectivity index (χ2n) is 5.35. The summed E-state index contributed by atoms with van der Waals surface area (Å²) < 4.78 is 2.15. The van der Waals surface area contributed by atoms with Gasteiger partial charge in [0.15, 0.2) is 5.82 Å². The summed E-state index contributed by atoms with van der Waals surface area (Å²) in [5.41, 5.74) is 1.60. The summed E-state index contributed by atoms with van der Waals surface area (Å²) in [5, 5.41) is 3.65. The molecule has 82 valence electrons. The highest BCUT2D eigenvalue weighted by Crippen LogP contribution is 2.58. The van der Waals surface area contributed by atoms with E-state index in [4.69, 9.17) is 0 Å². The first-order valence-corrected chi connectivity index (χ1v) is 5.98. The summed E-state index contributed by atoms with van der Waals surface area (Å²) in [6, 6.07) is 6.25. The minimum Gasteiger partial charge on any atom is -0.363 e. The molecule has 2 aromatic heterocycles. The number of rotatable bonds is 2. The molecule has 0 aromatic carbocycles. The molecule has 0 saturated heterocycles. The standard InChI is InChI=1S/C13H15N3/c1-9-14-12(11-4-2-3-5-16(9)11)15-13-6-10(7-13)8-13/h2-5,10,15H,6-8H2,1H3. The second kappa shape index (κ2) is 2.59. The lowest BCUT2D eigenvalue weighted by Gasteiger charge is -2.62. The maximum absolute atomic E-state index is 4.63. The molecule has 3 fully saturated rings. The van der Waals surface area contributed by atoms with Gasteiger partial charge in [0.05, 0.1) is 5.52 Å². The van der Waals surface area contributed by atoms with Crippen LogP contribution in [0.2, 0.25) is 0 Å². The molecule has 0 spiro atoms. The third-order valence-electron chi connectivity index (χ3n) is 4.15. The smallest absolute Gasteiger partial charge is 0.152 e. The lowest BCUT2D eigenvalue weighted by Crippen LogP contribution is -2.63. The molecule has 5 rings (SSSR count). The van der Waals surface area contributed by atoms with Gasteiger partial charge in [-0.05, 0) is 44.2 Å². The molecule has 3 aliphatic rings. The van der Waals surface area contributed by atoms with E-state index in [1.54, 1.807) is 0 Å². The fraction of sp³-hybridized carbons (Fsp3) is 0.462. The molecule has 0 aliphatic heterocycles. The van der Waals surface area contributed by atoms with Crippen molar-refractivity contribution in [2.75, 3.05) is 5.32 Å². The zero-order valence-corrected chi connectivity index (χ0v) is 9.40. The van der Waals surface area contributed by atoms with Crippen LogP contribution in [0.5, 0.6) is 0 Å². The van der Waals surface area contributed by atoms with Gasteiger partial charge < -0.3 is 9.72 Å². The number of nitrogens with zero attached hydrogens (tertiary/aromatic N) is 2. The molecule has 3 nitrogen and oxygen atoms in total. The minimum absolute atomic E-state index is 0.405. The van der Waals surface area contributed by atoms with Crippen LogP contribution in [0.4, 0.5) is 5.82 Å². The van der Waals surface area contributed by atoms with Gasteiger partial charge in [-0.2, -0.15) is 0 Å². The van der Waals surface area contributed by atoms with Crippen LogP contribution in [0.1, 0.15) is 25.1 Å². The summed E-state index contributed by atoms with van der Waals surface area (Å²) in [7, 11) is 0. The van der Waals surface area contributed by atoms with Crippen LogP contribution in [-0.2, 0) is 0 Å². The molecule has 16 heavy (non-hydrogen) atoms. The first-order chi connectivity index (χ1) is 7.76. The fourth-order valence-electron chi connectivity index (χ4n) is 3.17. The Kier molecular flexibility index (Phi) is 1.40. The zero-order chi connectivity index (χ0) is 10.8. The van der Waals surface area contributed by atoms with E-state index in [-0.39, 0.29) is 0 Å². The van der Waals surface area contributed by atoms with E-state index in [9.17, 15) is 0 Å². The average Bonchev–Trinajstić information content (AvgIpc) is 2.49. The number of aromatic nitrogens is 2. The average molecular weight is 213 g/mol. The van der Waals surface area contributed by atoms with Gasteiger partial charge in [-0.3, -0.25) is 0 Å². The monoisotopic (exact) mass is 213 g/mol. The molecule has 0 unspecified atom stereocenters. The first kappa shape index (κ1) is 8.62. The summed E-state index contributed by atoms with van der Waals surface area (Å²) in [6.45, 7) is 2.06. The molecule has 3 heteroatoms. The number of imidazole rings is 1. The largest absolute Gasteiger partial charge is 0.363 e. The van der Waals surface area contributed by atoms with E-state index in [0.717, 1.165) is 17.6 Å². The fourth-order valence-corrected chi connectivity index (χ4v) is 3.17. The van der Waals surface area contributed by atoms with Crippen molar-refractivity contribution >= 4 is 11.3 Å². The lowest BCUT2D eigenvalue weighted by atomic mass is 9.50. The Morgan fingerprint density at radius 2 is 2.19 bits per heavy atom. The van der Waals surface area contributed by atoms with Crippen molar-refractivity contribution in [3.05, 3.63) is 30.2 Å². The van der Waals surface area contributed by atoms with Crippen molar-refractivity contribution in [3.63, 3.8) is 0 Å². The number of fused-ring (bicyclic) bond motifs is 1. The van der Waals surface area contributed by atoms with E-state index in [0.29, 0.717) is 5.54 Å². The van der Waals surface area contributed by atoms with Crippen LogP contribution in [0.3, 0.4) is 0 Å². The van der Waals surface area contributed by atoms with Gasteiger partial charge in [-0.15, -0.1) is 0 Å². The van der Waals surface area contributed by atoms with E-state index >= 15 is 0 Å². The van der Waals surface area contributed by atoms with Gasteiger partial charge in [-0.1, -0.05) is 6.07 Å². The molecular weight excluding hydrogens is 198 g/mol. The number of hydrogen-bond acceptors (Lipinski definition) is 2. The summed E-state index contributed by atoms with van der Waals surface area (Å²) in [6.07, 6.45) is 6.11. The Bertz CT molecular complexity index is 553. The van der Waals surface area contributed by atoms with Crippen LogP contribution in [-0.4, -0.2) is 14.9 Å². The minimum atomic E-state index is 0.405. The van der Waals surface area contributed by atoms with Crippen molar-refractivity contribution in [1.29, 1.82) is 0 Å². The molecular formula is C13H15N3. The van der Waals surface area contributed by atoms with Crippen molar-refractivity contribution in [2.45, 2.75) is 31.7 Å². The lowest BCUT2D eigenvalue weighted by molar-refractivity contribution is 0.00195. The highest BCUT2D eigenvalue weighted by molar-refractivity contribution is 5.70. The number of anilines is 1. The maximum atomic E-state index is 4.63. The van der Waals surface area contributed by atoms with Crippen molar-refractivity contribution < 1.29 is 0 Å². The predicted molar refractivity (Wildman–Crippen MR) is 63.6 cm³/mol. The third kappa shape index (κ3) is 0.958. The molecule has 0 amide bonds. The molecule has 2 heterocycles. The molecule has 0 atom stereocenters. The van der Waals surface area contributed by atoms with Crippen molar-refractivity contribution in [1.82, 2.24) is 9.38 Å². The van der Waals surface area contributed by atoms with Crippen LogP contribution in [0.25, 0.3) is 5.52 Å². The van der Waals surface area contributed by atoms with Crippen molar-refractivity contribution in [2.24, 2.45) is 5.92 Å².